The van der Waals surface area contributed by atoms with Crippen LogP contribution in [0.2, 0.25) is 0 Å². The molecule has 0 heterocycles. The van der Waals surface area contributed by atoms with Crippen LogP contribution in [0.3, 0.4) is 0 Å². The van der Waals surface area contributed by atoms with E-state index < -0.39 is 0 Å². The van der Waals surface area contributed by atoms with Crippen LogP contribution in [0.5, 0.6) is 0 Å². The van der Waals surface area contributed by atoms with Crippen molar-refractivity contribution in [3.8, 4) is 0 Å². The molecule has 0 aromatic carbocycles. The number of likely N-dealkylation sites (N-methyl/N-ethyl adjacent to an activating group) is 1. The zero-order valence-electron chi connectivity index (χ0n) is 8.83. The van der Waals surface area contributed by atoms with E-state index in [-0.39, 0.29) is 24.7 Å². The predicted octanol–water partition coefficient (Wildman–Crippen LogP) is 0.252. The summed E-state index contributed by atoms with van der Waals surface area (Å²) in [4.78, 5) is 12.7. The maximum absolute atomic E-state index is 11.3. The largest absolute Gasteiger partial charge is 0.395 e. The summed E-state index contributed by atoms with van der Waals surface area (Å²) >= 11 is 0. The van der Waals surface area contributed by atoms with Crippen molar-refractivity contribution in [1.29, 1.82) is 0 Å². The maximum Gasteiger partial charge on any atom is 0.248 e. The van der Waals surface area contributed by atoms with E-state index in [1.165, 1.54) is 4.90 Å². The Morgan fingerprint density at radius 2 is 2.00 bits per heavy atom. The van der Waals surface area contributed by atoms with Gasteiger partial charge in [-0.15, -0.1) is 0 Å². The van der Waals surface area contributed by atoms with Gasteiger partial charge >= 0.3 is 0 Å². The fraction of sp³-hybridized carbons (Fsp3) is 0.889. The summed E-state index contributed by atoms with van der Waals surface area (Å²) in [5, 5.41) is 8.58. The molecule has 0 atom stereocenters. The number of aliphatic hydroxyl groups is 1. The Hall–Kier alpha value is -0.610. The SMILES string of the molecule is CN(CCO)C(=O)COC(C)(C)C. The fourth-order valence-corrected chi connectivity index (χ4v) is 0.663. The van der Waals surface area contributed by atoms with Gasteiger partial charge in [0.2, 0.25) is 5.91 Å². The number of ether oxygens (including phenoxy) is 1. The first-order valence-corrected chi connectivity index (χ1v) is 4.35. The van der Waals surface area contributed by atoms with Gasteiger partial charge in [0.1, 0.15) is 6.61 Å². The predicted molar refractivity (Wildman–Crippen MR) is 50.4 cm³/mol. The molecule has 4 nitrogen and oxygen atoms in total. The number of carbonyl (C=O) groups excluding carboxylic acids is 1. The number of hydrogen-bond donors (Lipinski definition) is 1. The lowest BCUT2D eigenvalue weighted by molar-refractivity contribution is -0.140. The molecule has 1 amide bonds. The van der Waals surface area contributed by atoms with Gasteiger partial charge in [0.05, 0.1) is 12.2 Å². The second-order valence-electron chi connectivity index (χ2n) is 3.94. The second kappa shape index (κ2) is 5.19. The number of amides is 1. The lowest BCUT2D eigenvalue weighted by Crippen LogP contribution is -2.35. The summed E-state index contributed by atoms with van der Waals surface area (Å²) in [7, 11) is 1.64. The zero-order chi connectivity index (χ0) is 10.5. The molecular weight excluding hydrogens is 170 g/mol. The quantitative estimate of drug-likeness (QED) is 0.689. The molecule has 0 spiro atoms. The molecule has 0 aromatic rings. The molecule has 4 heteroatoms. The third-order valence-electron chi connectivity index (χ3n) is 1.49. The van der Waals surface area contributed by atoms with Crippen LogP contribution in [0, 0.1) is 0 Å². The summed E-state index contributed by atoms with van der Waals surface area (Å²) in [5.41, 5.74) is -0.296. The van der Waals surface area contributed by atoms with Crippen molar-refractivity contribution in [2.45, 2.75) is 26.4 Å². The first kappa shape index (κ1) is 12.4. The van der Waals surface area contributed by atoms with Gasteiger partial charge in [-0.3, -0.25) is 4.79 Å². The molecule has 78 valence electrons. The molecule has 13 heavy (non-hydrogen) atoms. The third-order valence-corrected chi connectivity index (χ3v) is 1.49. The van der Waals surface area contributed by atoms with Crippen molar-refractivity contribution in [3.05, 3.63) is 0 Å². The van der Waals surface area contributed by atoms with Gasteiger partial charge in [-0.1, -0.05) is 0 Å². The lowest BCUT2D eigenvalue weighted by Gasteiger charge is -2.22. The van der Waals surface area contributed by atoms with E-state index in [4.69, 9.17) is 9.84 Å². The molecule has 0 saturated heterocycles. The van der Waals surface area contributed by atoms with Gasteiger partial charge in [-0.25, -0.2) is 0 Å². The minimum absolute atomic E-state index is 0.0161. The molecule has 0 aliphatic carbocycles. The fourth-order valence-electron chi connectivity index (χ4n) is 0.663. The van der Waals surface area contributed by atoms with E-state index in [9.17, 15) is 4.79 Å². The van der Waals surface area contributed by atoms with E-state index in [1.807, 2.05) is 20.8 Å². The average Bonchev–Trinajstić information content (AvgIpc) is 1.99. The normalized spacial score (nSPS) is 11.5. The van der Waals surface area contributed by atoms with Crippen molar-refractivity contribution in [3.63, 3.8) is 0 Å². The van der Waals surface area contributed by atoms with E-state index in [1.54, 1.807) is 7.05 Å². The Kier molecular flexibility index (Phi) is 4.95. The molecule has 0 unspecified atom stereocenters. The maximum atomic E-state index is 11.3. The van der Waals surface area contributed by atoms with Crippen molar-refractivity contribution in [2.24, 2.45) is 0 Å². The molecule has 0 aliphatic rings. The minimum atomic E-state index is -0.296. The van der Waals surface area contributed by atoms with Crippen LogP contribution in [-0.4, -0.2) is 48.3 Å². The van der Waals surface area contributed by atoms with Crippen LogP contribution in [0.15, 0.2) is 0 Å². The first-order chi connectivity index (χ1) is 5.87. The van der Waals surface area contributed by atoms with E-state index >= 15 is 0 Å². The van der Waals surface area contributed by atoms with Gasteiger partial charge in [-0.2, -0.15) is 0 Å². The highest BCUT2D eigenvalue weighted by molar-refractivity contribution is 5.77. The summed E-state index contributed by atoms with van der Waals surface area (Å²) in [5.74, 6) is -0.107. The summed E-state index contributed by atoms with van der Waals surface area (Å²) in [6, 6.07) is 0. The van der Waals surface area contributed by atoms with Crippen molar-refractivity contribution < 1.29 is 14.6 Å². The highest BCUT2D eigenvalue weighted by Gasteiger charge is 2.14. The van der Waals surface area contributed by atoms with Crippen molar-refractivity contribution in [1.82, 2.24) is 4.90 Å². The van der Waals surface area contributed by atoms with Crippen molar-refractivity contribution in [2.75, 3.05) is 26.8 Å². The Bertz CT molecular complexity index is 163. The van der Waals surface area contributed by atoms with Crippen molar-refractivity contribution >= 4 is 5.91 Å². The Labute approximate surface area is 79.5 Å². The van der Waals surface area contributed by atoms with Crippen LogP contribution in [0.4, 0.5) is 0 Å². The second-order valence-corrected chi connectivity index (χ2v) is 3.94. The van der Waals surface area contributed by atoms with Crippen LogP contribution in [0.1, 0.15) is 20.8 Å². The van der Waals surface area contributed by atoms with Gasteiger partial charge in [0, 0.05) is 13.6 Å². The summed E-state index contributed by atoms with van der Waals surface area (Å²) in [6.45, 7) is 6.09. The molecule has 0 rings (SSSR count). The Morgan fingerprint density at radius 3 is 2.38 bits per heavy atom. The molecule has 0 radical (unpaired) electrons. The van der Waals surface area contributed by atoms with Crippen LogP contribution in [-0.2, 0) is 9.53 Å². The number of nitrogens with zero attached hydrogens (tertiary/aromatic N) is 1. The molecule has 0 aromatic heterocycles. The van der Waals surface area contributed by atoms with E-state index in [0.29, 0.717) is 6.54 Å². The Balaban J connectivity index is 3.74. The summed E-state index contributed by atoms with van der Waals surface area (Å²) < 4.78 is 5.29. The molecule has 0 bridgehead atoms. The van der Waals surface area contributed by atoms with Gasteiger partial charge < -0.3 is 14.7 Å². The highest BCUT2D eigenvalue weighted by Crippen LogP contribution is 2.06. The molecule has 0 aliphatic heterocycles. The molecular formula is C9H19NO3. The van der Waals surface area contributed by atoms with Gasteiger partial charge in [-0.05, 0) is 20.8 Å². The smallest absolute Gasteiger partial charge is 0.248 e. The van der Waals surface area contributed by atoms with E-state index in [0.717, 1.165) is 0 Å². The standard InChI is InChI=1S/C9H19NO3/c1-9(2,3)13-7-8(12)10(4)5-6-11/h11H,5-7H2,1-4H3. The highest BCUT2D eigenvalue weighted by atomic mass is 16.5. The molecule has 1 N–H and O–H groups in total. The molecule has 0 fully saturated rings. The van der Waals surface area contributed by atoms with Crippen LogP contribution < -0.4 is 0 Å². The first-order valence-electron chi connectivity index (χ1n) is 4.35. The van der Waals surface area contributed by atoms with E-state index in [2.05, 4.69) is 0 Å². The number of rotatable bonds is 4. The van der Waals surface area contributed by atoms with Crippen LogP contribution >= 0.6 is 0 Å². The average molecular weight is 189 g/mol. The Morgan fingerprint density at radius 1 is 1.46 bits per heavy atom. The topological polar surface area (TPSA) is 49.8 Å². The monoisotopic (exact) mass is 189 g/mol. The lowest BCUT2D eigenvalue weighted by atomic mass is 10.2. The zero-order valence-corrected chi connectivity index (χ0v) is 8.83. The number of hydrogen-bond acceptors (Lipinski definition) is 3. The van der Waals surface area contributed by atoms with Crippen LogP contribution in [0.25, 0.3) is 0 Å². The molecule has 0 saturated carbocycles. The van der Waals surface area contributed by atoms with Gasteiger partial charge in [0.25, 0.3) is 0 Å². The summed E-state index contributed by atoms with van der Waals surface area (Å²) in [6.07, 6.45) is 0. The third kappa shape index (κ3) is 6.54. The minimum Gasteiger partial charge on any atom is -0.395 e. The van der Waals surface area contributed by atoms with Gasteiger partial charge in [0.15, 0.2) is 0 Å². The number of aliphatic hydroxyl groups excluding tert-OH is 1. The number of carbonyl (C=O) groups is 1.